The number of fused-ring (bicyclic) bond motifs is 2. The lowest BCUT2D eigenvalue weighted by atomic mass is 10.0. The zero-order valence-corrected chi connectivity index (χ0v) is 19.5. The number of benzene rings is 3. The molecule has 0 bridgehead atoms. The smallest absolute Gasteiger partial charge is 0.323 e. The van der Waals surface area contributed by atoms with Gasteiger partial charge >= 0.3 is 6.03 Å². The van der Waals surface area contributed by atoms with Crippen LogP contribution >= 0.6 is 0 Å². The van der Waals surface area contributed by atoms with Gasteiger partial charge in [0.15, 0.2) is 5.75 Å². The number of carbonyl (C=O) groups is 1. The lowest BCUT2D eigenvalue weighted by Gasteiger charge is -2.29. The van der Waals surface area contributed by atoms with Gasteiger partial charge in [-0.2, -0.15) is 0 Å². The van der Waals surface area contributed by atoms with Crippen LogP contribution in [0.2, 0.25) is 0 Å². The Hall–Kier alpha value is -4.26. The first-order valence-electron chi connectivity index (χ1n) is 11.1. The van der Waals surface area contributed by atoms with Crippen molar-refractivity contribution >= 4 is 34.5 Å². The van der Waals surface area contributed by atoms with E-state index in [1.165, 1.54) is 5.56 Å². The fourth-order valence-electron chi connectivity index (χ4n) is 4.05. The summed E-state index contributed by atoms with van der Waals surface area (Å²) in [7, 11) is 1.57. The molecule has 1 aromatic heterocycles. The monoisotopic (exact) mass is 454 g/mol. The quantitative estimate of drug-likeness (QED) is 0.334. The molecule has 0 spiro atoms. The minimum atomic E-state index is -0.394. The highest BCUT2D eigenvalue weighted by Crippen LogP contribution is 2.41. The van der Waals surface area contributed by atoms with E-state index in [-0.39, 0.29) is 6.03 Å². The van der Waals surface area contributed by atoms with Gasteiger partial charge in [0.1, 0.15) is 17.2 Å². The maximum absolute atomic E-state index is 12.8. The Morgan fingerprint density at radius 1 is 1.09 bits per heavy atom. The molecule has 0 atom stereocenters. The van der Waals surface area contributed by atoms with Crippen LogP contribution < -0.4 is 20.1 Å². The van der Waals surface area contributed by atoms with Crippen molar-refractivity contribution in [1.29, 1.82) is 0 Å². The third-order valence-corrected chi connectivity index (χ3v) is 5.67. The standard InChI is InChI=1S/C27H26N4O3/c1-16-6-5-7-17(14-16)25-29-20-9-8-18(15-22(20)30-25)28-26(32)31-21-10-11-23-19(24(21)33-4)12-13-27(2,3)34-23/h5-15H,1-4H3,(H,29,30)(H2,28,31,32). The summed E-state index contributed by atoms with van der Waals surface area (Å²) in [5.41, 5.74) is 5.43. The van der Waals surface area contributed by atoms with E-state index in [0.717, 1.165) is 28.0 Å². The second kappa shape index (κ2) is 8.26. The van der Waals surface area contributed by atoms with Gasteiger partial charge in [0, 0.05) is 11.3 Å². The molecule has 5 rings (SSSR count). The van der Waals surface area contributed by atoms with Gasteiger partial charge in [-0.15, -0.1) is 0 Å². The number of methoxy groups -OCH3 is 1. The molecule has 7 heteroatoms. The van der Waals surface area contributed by atoms with Crippen LogP contribution in [0, 0.1) is 6.92 Å². The molecule has 2 amide bonds. The van der Waals surface area contributed by atoms with Crippen molar-refractivity contribution in [3.8, 4) is 22.9 Å². The molecular formula is C27H26N4O3. The summed E-state index contributed by atoms with van der Waals surface area (Å²) in [5, 5.41) is 5.75. The molecule has 0 saturated carbocycles. The third kappa shape index (κ3) is 4.20. The molecule has 4 aromatic rings. The fraction of sp³-hybridized carbons (Fsp3) is 0.185. The maximum atomic E-state index is 12.8. The molecule has 0 aliphatic carbocycles. The number of aryl methyl sites for hydroxylation is 1. The molecule has 3 N–H and O–H groups in total. The van der Waals surface area contributed by atoms with Crippen LogP contribution in [-0.4, -0.2) is 28.7 Å². The lowest BCUT2D eigenvalue weighted by molar-refractivity contribution is 0.158. The number of hydrogen-bond donors (Lipinski definition) is 3. The van der Waals surface area contributed by atoms with Crippen LogP contribution in [0.3, 0.4) is 0 Å². The lowest BCUT2D eigenvalue weighted by Crippen LogP contribution is -2.27. The average molecular weight is 455 g/mol. The van der Waals surface area contributed by atoms with E-state index in [4.69, 9.17) is 14.5 Å². The number of nitrogens with one attached hydrogen (secondary N) is 3. The zero-order valence-electron chi connectivity index (χ0n) is 19.5. The molecule has 34 heavy (non-hydrogen) atoms. The van der Waals surface area contributed by atoms with Gasteiger partial charge in [-0.25, -0.2) is 9.78 Å². The highest BCUT2D eigenvalue weighted by atomic mass is 16.5. The average Bonchev–Trinajstić information content (AvgIpc) is 3.22. The summed E-state index contributed by atoms with van der Waals surface area (Å²) in [6, 6.07) is 17.0. The van der Waals surface area contributed by atoms with E-state index in [2.05, 4.69) is 34.7 Å². The molecule has 172 valence electrons. The molecule has 1 aliphatic heterocycles. The van der Waals surface area contributed by atoms with Gasteiger partial charge in [0.25, 0.3) is 0 Å². The topological polar surface area (TPSA) is 88.3 Å². The predicted molar refractivity (Wildman–Crippen MR) is 136 cm³/mol. The molecule has 1 aliphatic rings. The summed E-state index contributed by atoms with van der Waals surface area (Å²) in [5.74, 6) is 2.05. The number of hydrogen-bond acceptors (Lipinski definition) is 4. The molecule has 7 nitrogen and oxygen atoms in total. The van der Waals surface area contributed by atoms with E-state index in [9.17, 15) is 4.79 Å². The van der Waals surface area contributed by atoms with E-state index in [1.54, 1.807) is 13.2 Å². The van der Waals surface area contributed by atoms with Gasteiger partial charge in [-0.05, 0) is 69.3 Å². The first kappa shape index (κ1) is 21.6. The molecule has 0 radical (unpaired) electrons. The van der Waals surface area contributed by atoms with Crippen molar-refractivity contribution in [1.82, 2.24) is 9.97 Å². The summed E-state index contributed by atoms with van der Waals surface area (Å²) in [6.07, 6.45) is 3.92. The Kier molecular flexibility index (Phi) is 5.24. The fourth-order valence-corrected chi connectivity index (χ4v) is 4.05. The van der Waals surface area contributed by atoms with Crippen molar-refractivity contribution in [2.45, 2.75) is 26.4 Å². The van der Waals surface area contributed by atoms with Crippen molar-refractivity contribution in [3.63, 3.8) is 0 Å². The summed E-state index contributed by atoms with van der Waals surface area (Å²) in [4.78, 5) is 20.8. The number of rotatable bonds is 4. The number of nitrogens with zero attached hydrogens (tertiary/aromatic N) is 1. The Morgan fingerprint density at radius 2 is 1.94 bits per heavy atom. The number of ether oxygens (including phenoxy) is 2. The normalized spacial score (nSPS) is 13.8. The zero-order chi connectivity index (χ0) is 23.9. The van der Waals surface area contributed by atoms with E-state index in [1.807, 2.05) is 62.4 Å². The van der Waals surface area contributed by atoms with Crippen LogP contribution in [0.15, 0.2) is 60.7 Å². The number of H-pyrrole nitrogens is 1. The first-order valence-corrected chi connectivity index (χ1v) is 11.1. The Balaban J connectivity index is 1.35. The SMILES string of the molecule is COc1c(NC(=O)Nc2ccc3[nH]c(-c4cccc(C)c4)nc3c2)ccc2c1C=CC(C)(C)O2. The predicted octanol–water partition coefficient (Wildman–Crippen LogP) is 6.38. The Bertz CT molecular complexity index is 1440. The highest BCUT2D eigenvalue weighted by Gasteiger charge is 2.25. The van der Waals surface area contributed by atoms with E-state index in [0.29, 0.717) is 22.9 Å². The van der Waals surface area contributed by atoms with Crippen molar-refractivity contribution in [2.75, 3.05) is 17.7 Å². The maximum Gasteiger partial charge on any atom is 0.323 e. The largest absolute Gasteiger partial charge is 0.494 e. The minimum absolute atomic E-state index is 0.381. The van der Waals surface area contributed by atoms with Crippen LogP contribution in [0.1, 0.15) is 25.0 Å². The molecule has 0 fully saturated rings. The van der Waals surface area contributed by atoms with Crippen LogP contribution in [-0.2, 0) is 0 Å². The molecule has 0 saturated heterocycles. The Morgan fingerprint density at radius 3 is 2.74 bits per heavy atom. The minimum Gasteiger partial charge on any atom is -0.494 e. The second-order valence-corrected chi connectivity index (χ2v) is 8.86. The van der Waals surface area contributed by atoms with Gasteiger partial charge in [0.05, 0.1) is 29.4 Å². The summed E-state index contributed by atoms with van der Waals surface area (Å²) < 4.78 is 11.6. The summed E-state index contributed by atoms with van der Waals surface area (Å²) in [6.45, 7) is 6.02. The van der Waals surface area contributed by atoms with Gasteiger partial charge in [-0.3, -0.25) is 0 Å². The molecule has 3 aromatic carbocycles. The first-order chi connectivity index (χ1) is 16.3. The third-order valence-electron chi connectivity index (χ3n) is 5.67. The van der Waals surface area contributed by atoms with E-state index >= 15 is 0 Å². The van der Waals surface area contributed by atoms with Crippen LogP contribution in [0.5, 0.6) is 11.5 Å². The number of anilines is 2. The molecule has 2 heterocycles. The Labute approximate surface area is 197 Å². The van der Waals surface area contributed by atoms with Gasteiger partial charge in [0.2, 0.25) is 0 Å². The molecular weight excluding hydrogens is 428 g/mol. The number of aromatic nitrogens is 2. The highest BCUT2D eigenvalue weighted by molar-refractivity contribution is 6.02. The van der Waals surface area contributed by atoms with Crippen LogP contribution in [0.25, 0.3) is 28.5 Å². The second-order valence-electron chi connectivity index (χ2n) is 8.86. The van der Waals surface area contributed by atoms with Gasteiger partial charge in [-0.1, -0.05) is 23.8 Å². The molecule has 0 unspecified atom stereocenters. The summed E-state index contributed by atoms with van der Waals surface area (Å²) >= 11 is 0. The van der Waals surface area contributed by atoms with Gasteiger partial charge < -0.3 is 25.1 Å². The van der Waals surface area contributed by atoms with E-state index < -0.39 is 5.60 Å². The van der Waals surface area contributed by atoms with Crippen LogP contribution in [0.4, 0.5) is 16.2 Å². The number of urea groups is 1. The van der Waals surface area contributed by atoms with Crippen molar-refractivity contribution < 1.29 is 14.3 Å². The van der Waals surface area contributed by atoms with Crippen molar-refractivity contribution in [3.05, 3.63) is 71.8 Å². The number of carbonyl (C=O) groups excluding carboxylic acids is 1. The number of amides is 2. The number of aromatic amines is 1. The van der Waals surface area contributed by atoms with Crippen molar-refractivity contribution in [2.24, 2.45) is 0 Å². The number of imidazole rings is 1.